The smallest absolute Gasteiger partial charge is 0.161 e. The molecule has 1 N–H and O–H groups in total. The zero-order chi connectivity index (χ0) is 12.5. The van der Waals surface area contributed by atoms with Crippen molar-refractivity contribution in [3.05, 3.63) is 26.2 Å². The molecule has 0 saturated carbocycles. The van der Waals surface area contributed by atoms with Crippen LogP contribution in [-0.4, -0.2) is 16.5 Å². The molecule has 17 heavy (non-hydrogen) atoms. The highest BCUT2D eigenvalue weighted by Crippen LogP contribution is 2.29. The fraction of sp³-hybridized carbons (Fsp3) is 0.417. The third-order valence-electron chi connectivity index (χ3n) is 2.53. The van der Waals surface area contributed by atoms with Crippen LogP contribution in [0.25, 0.3) is 0 Å². The highest BCUT2D eigenvalue weighted by Gasteiger charge is 2.22. The van der Waals surface area contributed by atoms with Gasteiger partial charge < -0.3 is 5.32 Å². The Balaban J connectivity index is 2.18. The van der Waals surface area contributed by atoms with Gasteiger partial charge in [0.15, 0.2) is 5.17 Å². The maximum absolute atomic E-state index is 4.72. The lowest BCUT2D eigenvalue weighted by molar-refractivity contribution is 0.507. The predicted molar refractivity (Wildman–Crippen MR) is 89.1 cm³/mol. The van der Waals surface area contributed by atoms with Gasteiger partial charge in [-0.2, -0.15) is 0 Å². The molecular weight excluding hydrogens is 411 g/mol. The van der Waals surface area contributed by atoms with Crippen molar-refractivity contribution in [2.45, 2.75) is 25.8 Å². The molecule has 0 amide bonds. The number of anilines is 1. The van der Waals surface area contributed by atoms with E-state index in [0.29, 0.717) is 0 Å². The summed E-state index contributed by atoms with van der Waals surface area (Å²) in [5, 5.41) is 4.41. The zero-order valence-electron chi connectivity index (χ0n) is 9.76. The van der Waals surface area contributed by atoms with Gasteiger partial charge in [-0.05, 0) is 77.0 Å². The lowest BCUT2D eigenvalue weighted by Crippen LogP contribution is -2.27. The first-order valence-electron chi connectivity index (χ1n) is 5.41. The first-order chi connectivity index (χ1) is 7.96. The van der Waals surface area contributed by atoms with E-state index in [1.54, 1.807) is 11.8 Å². The van der Waals surface area contributed by atoms with Crippen molar-refractivity contribution in [2.24, 2.45) is 4.99 Å². The average molecular weight is 425 g/mol. The van der Waals surface area contributed by atoms with Crippen molar-refractivity contribution in [1.29, 1.82) is 0 Å². The number of hydrogen-bond donors (Lipinski definition) is 1. The Morgan fingerprint density at radius 1 is 1.47 bits per heavy atom. The molecule has 1 heterocycles. The van der Waals surface area contributed by atoms with E-state index in [1.807, 2.05) is 0 Å². The Kier molecular flexibility index (Phi) is 4.41. The van der Waals surface area contributed by atoms with E-state index < -0.39 is 0 Å². The van der Waals surface area contributed by atoms with Crippen molar-refractivity contribution < 1.29 is 0 Å². The first kappa shape index (κ1) is 13.7. The maximum Gasteiger partial charge on any atom is 0.161 e. The van der Waals surface area contributed by atoms with Crippen LogP contribution in [0.1, 0.15) is 20.3 Å². The predicted octanol–water partition coefficient (Wildman–Crippen LogP) is 4.74. The van der Waals surface area contributed by atoms with Gasteiger partial charge in [0.05, 0.1) is 11.2 Å². The minimum atomic E-state index is 0.0588. The number of rotatable bonds is 1. The van der Waals surface area contributed by atoms with E-state index in [-0.39, 0.29) is 5.54 Å². The van der Waals surface area contributed by atoms with Gasteiger partial charge in [-0.1, -0.05) is 11.8 Å². The molecule has 0 bridgehead atoms. The molecule has 0 aliphatic carbocycles. The molecule has 1 aliphatic rings. The van der Waals surface area contributed by atoms with Crippen LogP contribution in [0.2, 0.25) is 0 Å². The third kappa shape index (κ3) is 3.86. The van der Waals surface area contributed by atoms with Gasteiger partial charge in [0.1, 0.15) is 0 Å². The molecule has 1 aromatic carbocycles. The van der Waals surface area contributed by atoms with Crippen LogP contribution < -0.4 is 5.32 Å². The van der Waals surface area contributed by atoms with Crippen molar-refractivity contribution in [3.63, 3.8) is 0 Å². The average Bonchev–Trinajstić information content (AvgIpc) is 2.21. The lowest BCUT2D eigenvalue weighted by Gasteiger charge is -2.26. The van der Waals surface area contributed by atoms with Crippen LogP contribution in [0, 0.1) is 3.57 Å². The van der Waals surface area contributed by atoms with Crippen molar-refractivity contribution in [3.8, 4) is 0 Å². The van der Waals surface area contributed by atoms with Crippen LogP contribution >= 0.6 is 50.3 Å². The highest BCUT2D eigenvalue weighted by molar-refractivity contribution is 14.1. The monoisotopic (exact) mass is 424 g/mol. The van der Waals surface area contributed by atoms with E-state index >= 15 is 0 Å². The molecule has 0 atom stereocenters. The number of halogens is 2. The second kappa shape index (κ2) is 5.48. The van der Waals surface area contributed by atoms with Gasteiger partial charge >= 0.3 is 0 Å². The molecule has 1 aromatic rings. The Labute approximate surface area is 128 Å². The molecule has 2 rings (SSSR count). The largest absolute Gasteiger partial charge is 0.334 e. The van der Waals surface area contributed by atoms with Crippen LogP contribution in [0.5, 0.6) is 0 Å². The van der Waals surface area contributed by atoms with Gasteiger partial charge in [-0.3, -0.25) is 4.99 Å². The zero-order valence-corrected chi connectivity index (χ0v) is 14.3. The number of nitrogens with zero attached hydrogens (tertiary/aromatic N) is 1. The van der Waals surface area contributed by atoms with Crippen molar-refractivity contribution >= 4 is 61.1 Å². The van der Waals surface area contributed by atoms with E-state index in [9.17, 15) is 0 Å². The Morgan fingerprint density at radius 3 is 2.88 bits per heavy atom. The summed E-state index contributed by atoms with van der Waals surface area (Å²) in [6.45, 7) is 4.36. The summed E-state index contributed by atoms with van der Waals surface area (Å²) < 4.78 is 2.30. The number of hydrogen-bond acceptors (Lipinski definition) is 3. The molecule has 5 heteroatoms. The van der Waals surface area contributed by atoms with Gasteiger partial charge in [0.2, 0.25) is 0 Å². The van der Waals surface area contributed by atoms with Gasteiger partial charge in [0.25, 0.3) is 0 Å². The fourth-order valence-corrected chi connectivity index (χ4v) is 4.22. The molecule has 0 saturated heterocycles. The summed E-state index contributed by atoms with van der Waals surface area (Å²) in [5.74, 6) is 1.13. The van der Waals surface area contributed by atoms with Crippen LogP contribution in [0.4, 0.5) is 5.69 Å². The number of thioether (sulfide) groups is 1. The molecule has 0 fully saturated rings. The molecule has 0 unspecified atom stereocenters. The number of benzene rings is 1. The summed E-state index contributed by atoms with van der Waals surface area (Å²) in [6.07, 6.45) is 1.14. The minimum absolute atomic E-state index is 0.0588. The quantitative estimate of drug-likeness (QED) is 0.658. The topological polar surface area (TPSA) is 24.4 Å². The van der Waals surface area contributed by atoms with E-state index in [2.05, 4.69) is 75.9 Å². The van der Waals surface area contributed by atoms with E-state index in [4.69, 9.17) is 4.99 Å². The Morgan fingerprint density at radius 2 is 2.24 bits per heavy atom. The van der Waals surface area contributed by atoms with Gasteiger partial charge in [0, 0.05) is 13.8 Å². The van der Waals surface area contributed by atoms with Crippen molar-refractivity contribution in [1.82, 2.24) is 0 Å². The number of amidine groups is 1. The minimum Gasteiger partial charge on any atom is -0.334 e. The Bertz CT molecular complexity index is 460. The second-order valence-electron chi connectivity index (χ2n) is 4.58. The normalized spacial score (nSPS) is 18.7. The summed E-state index contributed by atoms with van der Waals surface area (Å²) in [7, 11) is 0. The van der Waals surface area contributed by atoms with E-state index in [0.717, 1.165) is 27.5 Å². The molecule has 1 aliphatic heterocycles. The summed E-state index contributed by atoms with van der Waals surface area (Å²) >= 11 is 7.67. The van der Waals surface area contributed by atoms with Gasteiger partial charge in [-0.25, -0.2) is 0 Å². The fourth-order valence-electron chi connectivity index (χ4n) is 1.53. The highest BCUT2D eigenvalue weighted by atomic mass is 127. The second-order valence-corrected chi connectivity index (χ2v) is 7.76. The summed E-state index contributed by atoms with van der Waals surface area (Å²) in [4.78, 5) is 4.72. The molecule has 0 aromatic heterocycles. The first-order valence-corrected chi connectivity index (χ1v) is 8.27. The van der Waals surface area contributed by atoms with Crippen molar-refractivity contribution in [2.75, 3.05) is 11.1 Å². The number of aliphatic imine (C=N–C) groups is 1. The lowest BCUT2D eigenvalue weighted by atomic mass is 10.0. The van der Waals surface area contributed by atoms with Crippen LogP contribution in [0.15, 0.2) is 27.7 Å². The van der Waals surface area contributed by atoms with Gasteiger partial charge in [-0.15, -0.1) is 0 Å². The Hall–Kier alpha value is 0.250. The van der Waals surface area contributed by atoms with Crippen LogP contribution in [-0.2, 0) is 0 Å². The molecular formula is C12H14BrIN2S. The SMILES string of the molecule is CC1(C)CCSC(Nc2ccc(I)cc2Br)=N1. The summed E-state index contributed by atoms with van der Waals surface area (Å²) in [5.41, 5.74) is 1.14. The maximum atomic E-state index is 4.72. The molecule has 92 valence electrons. The van der Waals surface area contributed by atoms with E-state index in [1.165, 1.54) is 3.57 Å². The number of nitrogens with one attached hydrogen (secondary N) is 1. The molecule has 0 spiro atoms. The summed E-state index contributed by atoms with van der Waals surface area (Å²) in [6, 6.07) is 6.27. The molecule has 2 nitrogen and oxygen atoms in total. The van der Waals surface area contributed by atoms with Crippen LogP contribution in [0.3, 0.4) is 0 Å². The molecule has 0 radical (unpaired) electrons. The standard InChI is InChI=1S/C12H14BrIN2S/c1-12(2)5-6-17-11(16-12)15-10-4-3-8(14)7-9(10)13/h3-4,7H,5-6H2,1-2H3,(H,15,16). The third-order valence-corrected chi connectivity index (χ3v) is 4.73.